The van der Waals surface area contributed by atoms with Gasteiger partial charge in [-0.05, 0) is 39.5 Å². The van der Waals surface area contributed by atoms with Gasteiger partial charge in [0.1, 0.15) is 11.9 Å². The van der Waals surface area contributed by atoms with Crippen LogP contribution in [0.2, 0.25) is 0 Å². The third-order valence-electron chi connectivity index (χ3n) is 2.65. The number of ether oxygens (including phenoxy) is 1. The summed E-state index contributed by atoms with van der Waals surface area (Å²) in [4.78, 5) is 24.3. The van der Waals surface area contributed by atoms with Crippen LogP contribution < -0.4 is 0 Å². The molecule has 1 aliphatic rings. The summed E-state index contributed by atoms with van der Waals surface area (Å²) in [5.74, 6) is 0.434. The van der Waals surface area contributed by atoms with E-state index in [0.717, 1.165) is 19.1 Å². The molecule has 0 radical (unpaired) electrons. The third kappa shape index (κ3) is 3.51. The molecule has 0 aromatic carbocycles. The Morgan fingerprint density at radius 3 is 2.50 bits per heavy atom. The van der Waals surface area contributed by atoms with Crippen molar-refractivity contribution in [3.8, 4) is 0 Å². The number of aldehydes is 1. The zero-order valence-corrected chi connectivity index (χ0v) is 10.5. The molecule has 1 saturated heterocycles. The molecule has 0 bridgehead atoms. The maximum atomic E-state index is 11.9. The van der Waals surface area contributed by atoms with Gasteiger partial charge in [0, 0.05) is 6.54 Å². The lowest BCUT2D eigenvalue weighted by Crippen LogP contribution is -2.49. The summed E-state index contributed by atoms with van der Waals surface area (Å²) >= 11 is 0. The zero-order chi connectivity index (χ0) is 12.3. The number of hydrogen-bond donors (Lipinski definition) is 0. The summed E-state index contributed by atoms with van der Waals surface area (Å²) in [5.41, 5.74) is -0.509. The molecule has 0 aromatic rings. The Morgan fingerprint density at radius 2 is 2.00 bits per heavy atom. The van der Waals surface area contributed by atoms with Crippen molar-refractivity contribution in [2.24, 2.45) is 5.92 Å². The monoisotopic (exact) mass is 227 g/mol. The molecule has 2 unspecified atom stereocenters. The van der Waals surface area contributed by atoms with Crippen molar-refractivity contribution in [2.75, 3.05) is 6.54 Å². The minimum absolute atomic E-state index is 0.314. The zero-order valence-electron chi connectivity index (χ0n) is 10.5. The maximum absolute atomic E-state index is 11.9. The quantitative estimate of drug-likeness (QED) is 0.645. The Morgan fingerprint density at radius 1 is 1.38 bits per heavy atom. The van der Waals surface area contributed by atoms with Gasteiger partial charge in [-0.15, -0.1) is 0 Å². The highest BCUT2D eigenvalue weighted by molar-refractivity contribution is 5.74. The van der Waals surface area contributed by atoms with Gasteiger partial charge in [-0.2, -0.15) is 0 Å². The van der Waals surface area contributed by atoms with Crippen molar-refractivity contribution in [3.05, 3.63) is 0 Å². The number of amides is 1. The van der Waals surface area contributed by atoms with Crippen LogP contribution in [0, 0.1) is 5.92 Å². The summed E-state index contributed by atoms with van der Waals surface area (Å²) in [6.45, 7) is 8.17. The van der Waals surface area contributed by atoms with Gasteiger partial charge in [-0.3, -0.25) is 4.90 Å². The molecule has 4 nitrogen and oxygen atoms in total. The first-order valence-corrected chi connectivity index (χ1v) is 5.78. The van der Waals surface area contributed by atoms with Gasteiger partial charge in [-0.1, -0.05) is 6.92 Å². The summed E-state index contributed by atoms with van der Waals surface area (Å²) in [5, 5.41) is 0. The van der Waals surface area contributed by atoms with E-state index in [0.29, 0.717) is 12.5 Å². The van der Waals surface area contributed by atoms with Crippen LogP contribution in [0.15, 0.2) is 0 Å². The van der Waals surface area contributed by atoms with Crippen molar-refractivity contribution in [1.29, 1.82) is 0 Å². The van der Waals surface area contributed by atoms with Gasteiger partial charge in [0.2, 0.25) is 0 Å². The highest BCUT2D eigenvalue weighted by atomic mass is 16.6. The molecule has 0 spiro atoms. The minimum atomic E-state index is -0.509. The first-order chi connectivity index (χ1) is 7.33. The molecule has 0 N–H and O–H groups in total. The maximum Gasteiger partial charge on any atom is 0.410 e. The fourth-order valence-electron chi connectivity index (χ4n) is 1.85. The van der Waals surface area contributed by atoms with E-state index in [2.05, 4.69) is 6.92 Å². The van der Waals surface area contributed by atoms with Crippen molar-refractivity contribution < 1.29 is 14.3 Å². The van der Waals surface area contributed by atoms with Gasteiger partial charge in [0.15, 0.2) is 0 Å². The number of carbonyl (C=O) groups is 2. The highest BCUT2D eigenvalue weighted by Gasteiger charge is 2.32. The van der Waals surface area contributed by atoms with E-state index in [1.807, 2.05) is 20.8 Å². The van der Waals surface area contributed by atoms with Crippen LogP contribution in [0.4, 0.5) is 4.79 Å². The molecule has 0 saturated carbocycles. The summed E-state index contributed by atoms with van der Waals surface area (Å²) in [7, 11) is 0. The van der Waals surface area contributed by atoms with Crippen molar-refractivity contribution in [1.82, 2.24) is 4.90 Å². The van der Waals surface area contributed by atoms with E-state index < -0.39 is 5.60 Å². The van der Waals surface area contributed by atoms with E-state index in [1.54, 1.807) is 4.90 Å². The van der Waals surface area contributed by atoms with E-state index in [9.17, 15) is 9.59 Å². The normalized spacial score (nSPS) is 26.4. The van der Waals surface area contributed by atoms with Gasteiger partial charge in [0.05, 0.1) is 6.04 Å². The predicted octanol–water partition coefficient (Wildman–Crippen LogP) is 2.22. The first kappa shape index (κ1) is 13.0. The van der Waals surface area contributed by atoms with Gasteiger partial charge in [-0.25, -0.2) is 4.79 Å². The molecule has 16 heavy (non-hydrogen) atoms. The topological polar surface area (TPSA) is 46.6 Å². The van der Waals surface area contributed by atoms with E-state index >= 15 is 0 Å². The number of piperidine rings is 1. The van der Waals surface area contributed by atoms with E-state index in [-0.39, 0.29) is 12.1 Å². The molecule has 1 aliphatic heterocycles. The fourth-order valence-corrected chi connectivity index (χ4v) is 1.85. The van der Waals surface area contributed by atoms with Crippen LogP contribution in [-0.4, -0.2) is 35.5 Å². The molecular formula is C12H21NO3. The molecule has 2 atom stereocenters. The molecular weight excluding hydrogens is 206 g/mol. The van der Waals surface area contributed by atoms with E-state index in [1.165, 1.54) is 0 Å². The lowest BCUT2D eigenvalue weighted by molar-refractivity contribution is -0.114. The highest BCUT2D eigenvalue weighted by Crippen LogP contribution is 2.22. The largest absolute Gasteiger partial charge is 0.444 e. The SMILES string of the molecule is CC1CCC(C=O)N(C(=O)OC(C)(C)C)C1. The van der Waals surface area contributed by atoms with Gasteiger partial charge < -0.3 is 9.53 Å². The number of likely N-dealkylation sites (tertiary alicyclic amines) is 1. The second-order valence-electron chi connectivity index (χ2n) is 5.52. The minimum Gasteiger partial charge on any atom is -0.444 e. The Balaban J connectivity index is 2.67. The average Bonchev–Trinajstić information content (AvgIpc) is 2.15. The second kappa shape index (κ2) is 4.85. The van der Waals surface area contributed by atoms with Crippen LogP contribution >= 0.6 is 0 Å². The first-order valence-electron chi connectivity index (χ1n) is 5.78. The van der Waals surface area contributed by atoms with Gasteiger partial charge >= 0.3 is 6.09 Å². The Bertz CT molecular complexity index is 270. The third-order valence-corrected chi connectivity index (χ3v) is 2.65. The van der Waals surface area contributed by atoms with Crippen LogP contribution in [-0.2, 0) is 9.53 Å². The van der Waals surface area contributed by atoms with Crippen LogP contribution in [0.25, 0.3) is 0 Å². The molecule has 1 fully saturated rings. The predicted molar refractivity (Wildman–Crippen MR) is 61.2 cm³/mol. The average molecular weight is 227 g/mol. The number of hydrogen-bond acceptors (Lipinski definition) is 3. The molecule has 0 aromatic heterocycles. The van der Waals surface area contributed by atoms with Crippen molar-refractivity contribution >= 4 is 12.4 Å². The molecule has 92 valence electrons. The van der Waals surface area contributed by atoms with Crippen molar-refractivity contribution in [2.45, 2.75) is 52.2 Å². The summed E-state index contributed by atoms with van der Waals surface area (Å²) < 4.78 is 5.29. The van der Waals surface area contributed by atoms with Crippen molar-refractivity contribution in [3.63, 3.8) is 0 Å². The lowest BCUT2D eigenvalue weighted by Gasteiger charge is -2.36. The molecule has 1 rings (SSSR count). The standard InChI is InChI=1S/C12H21NO3/c1-9-5-6-10(8-14)13(7-9)11(15)16-12(2,3)4/h8-10H,5-7H2,1-4H3. The summed E-state index contributed by atoms with van der Waals surface area (Å²) in [6.07, 6.45) is 2.19. The molecule has 0 aliphatic carbocycles. The molecule has 1 amide bonds. The lowest BCUT2D eigenvalue weighted by atomic mass is 9.95. The van der Waals surface area contributed by atoms with Gasteiger partial charge in [0.25, 0.3) is 0 Å². The smallest absolute Gasteiger partial charge is 0.410 e. The number of nitrogens with zero attached hydrogens (tertiary/aromatic N) is 1. The Labute approximate surface area is 96.9 Å². The van der Waals surface area contributed by atoms with Crippen LogP contribution in [0.3, 0.4) is 0 Å². The second-order valence-corrected chi connectivity index (χ2v) is 5.52. The fraction of sp³-hybridized carbons (Fsp3) is 0.833. The van der Waals surface area contributed by atoms with Crippen LogP contribution in [0.5, 0.6) is 0 Å². The summed E-state index contributed by atoms with van der Waals surface area (Å²) in [6, 6.07) is -0.314. The number of rotatable bonds is 1. The molecule has 1 heterocycles. The van der Waals surface area contributed by atoms with Crippen LogP contribution in [0.1, 0.15) is 40.5 Å². The Kier molecular flexibility index (Phi) is 3.94. The van der Waals surface area contributed by atoms with E-state index in [4.69, 9.17) is 4.74 Å². The Hall–Kier alpha value is -1.06. The molecule has 4 heteroatoms. The number of carbonyl (C=O) groups excluding carboxylic acids is 2.